The highest BCUT2D eigenvalue weighted by Gasteiger charge is 2.10. The zero-order valence-electron chi connectivity index (χ0n) is 5.02. The number of aliphatic imine (C=N–C) groups is 1. The molecule has 1 aliphatic heterocycles. The molecule has 0 saturated carbocycles. The maximum absolute atomic E-state index is 10.7. The Kier molecular flexibility index (Phi) is 1.59. The van der Waals surface area contributed by atoms with Crippen LogP contribution in [0.15, 0.2) is 23.3 Å². The molecule has 1 amide bonds. The Hall–Kier alpha value is -1.09. The molecule has 52 valence electrons. The molecule has 10 heavy (non-hydrogen) atoms. The van der Waals surface area contributed by atoms with Gasteiger partial charge < -0.3 is 0 Å². The normalized spacial score (nSPS) is 13.0. The molecule has 1 aromatic rings. The van der Waals surface area contributed by atoms with Crippen molar-refractivity contribution in [3.8, 4) is 0 Å². The Labute approximate surface area is 63.8 Å². The topological polar surface area (TPSA) is 34.4 Å². The van der Waals surface area contributed by atoms with E-state index in [4.69, 9.17) is 0 Å². The lowest BCUT2D eigenvalue weighted by Gasteiger charge is -1.87. The summed E-state index contributed by atoms with van der Waals surface area (Å²) < 4.78 is 1.50. The molecule has 0 bridgehead atoms. The van der Waals surface area contributed by atoms with Crippen LogP contribution in [0.3, 0.4) is 0 Å². The van der Waals surface area contributed by atoms with Crippen molar-refractivity contribution in [3.63, 3.8) is 0 Å². The Morgan fingerprint density at radius 1 is 1.50 bits per heavy atom. The molecule has 0 unspecified atom stereocenters. The first kappa shape index (κ1) is 7.02. The quantitative estimate of drug-likeness (QED) is 0.558. The molecule has 0 aliphatic carbocycles. The van der Waals surface area contributed by atoms with E-state index in [9.17, 15) is 4.79 Å². The Morgan fingerprint density at radius 2 is 2.30 bits per heavy atom. The minimum atomic E-state index is -0.199. The molecule has 0 N–H and O–H groups in total. The first-order valence-corrected chi connectivity index (χ1v) is 2.64. The number of fused-ring (bicyclic) bond motifs is 1. The average molecular weight is 157 g/mol. The zero-order valence-corrected chi connectivity index (χ0v) is 5.84. The van der Waals surface area contributed by atoms with Crippen molar-refractivity contribution in [2.75, 3.05) is 0 Å². The molecular weight excluding hydrogens is 152 g/mol. The number of halogens is 1. The summed E-state index contributed by atoms with van der Waals surface area (Å²) in [5.74, 6) is 0. The van der Waals surface area contributed by atoms with E-state index in [1.165, 1.54) is 4.57 Å². The standard InChI is InChI=1S/C6H4N2O.ClH/c9-6-7-4-5-2-1-3-8(5)6;/h1-4H;1H. The minimum absolute atomic E-state index is 0. The van der Waals surface area contributed by atoms with Crippen molar-refractivity contribution in [1.82, 2.24) is 4.57 Å². The van der Waals surface area contributed by atoms with E-state index in [1.807, 2.05) is 12.1 Å². The van der Waals surface area contributed by atoms with Crippen molar-refractivity contribution < 1.29 is 4.79 Å². The summed E-state index contributed by atoms with van der Waals surface area (Å²) >= 11 is 0. The van der Waals surface area contributed by atoms with Crippen molar-refractivity contribution in [3.05, 3.63) is 24.0 Å². The maximum Gasteiger partial charge on any atom is 0.352 e. The summed E-state index contributed by atoms with van der Waals surface area (Å²) in [6.07, 6.45) is 3.26. The van der Waals surface area contributed by atoms with Gasteiger partial charge in [0.05, 0.1) is 11.9 Å². The number of hydrogen-bond acceptors (Lipinski definition) is 1. The van der Waals surface area contributed by atoms with Crippen LogP contribution in [-0.2, 0) is 0 Å². The van der Waals surface area contributed by atoms with E-state index < -0.39 is 0 Å². The number of carbonyl (C=O) groups is 1. The van der Waals surface area contributed by atoms with Crippen molar-refractivity contribution in [2.45, 2.75) is 0 Å². The van der Waals surface area contributed by atoms with Crippen molar-refractivity contribution in [2.24, 2.45) is 4.99 Å². The molecule has 1 aromatic heterocycles. The fourth-order valence-electron chi connectivity index (χ4n) is 0.857. The fraction of sp³-hybridized carbons (Fsp3) is 0. The van der Waals surface area contributed by atoms with Gasteiger partial charge in [0.25, 0.3) is 0 Å². The van der Waals surface area contributed by atoms with Gasteiger partial charge in [0.15, 0.2) is 0 Å². The number of amides is 1. The molecule has 2 heterocycles. The summed E-state index contributed by atoms with van der Waals surface area (Å²) in [5, 5.41) is 0. The number of carbonyl (C=O) groups excluding carboxylic acids is 1. The Bertz CT molecular complexity index is 290. The van der Waals surface area contributed by atoms with E-state index in [0.29, 0.717) is 0 Å². The zero-order chi connectivity index (χ0) is 6.27. The summed E-state index contributed by atoms with van der Waals surface area (Å²) in [6, 6.07) is 3.46. The lowest BCUT2D eigenvalue weighted by atomic mass is 10.5. The molecule has 0 aromatic carbocycles. The molecule has 1 aliphatic rings. The number of hydrogen-bond donors (Lipinski definition) is 0. The van der Waals surface area contributed by atoms with Gasteiger partial charge in [-0.1, -0.05) is 0 Å². The van der Waals surface area contributed by atoms with E-state index in [2.05, 4.69) is 4.99 Å². The average Bonchev–Trinajstić information content (AvgIpc) is 2.35. The predicted molar refractivity (Wildman–Crippen MR) is 40.1 cm³/mol. The number of aromatic nitrogens is 1. The first-order valence-electron chi connectivity index (χ1n) is 2.64. The number of rotatable bonds is 0. The van der Waals surface area contributed by atoms with Gasteiger partial charge in [0.1, 0.15) is 0 Å². The maximum atomic E-state index is 10.7. The van der Waals surface area contributed by atoms with Crippen LogP contribution in [0.2, 0.25) is 0 Å². The summed E-state index contributed by atoms with van der Waals surface area (Å²) in [5.41, 5.74) is 0.861. The third kappa shape index (κ3) is 0.752. The summed E-state index contributed by atoms with van der Waals surface area (Å²) in [6.45, 7) is 0. The summed E-state index contributed by atoms with van der Waals surface area (Å²) in [7, 11) is 0. The van der Waals surface area contributed by atoms with Crippen LogP contribution in [0, 0.1) is 0 Å². The van der Waals surface area contributed by atoms with Crippen LogP contribution in [0.1, 0.15) is 5.69 Å². The van der Waals surface area contributed by atoms with Crippen LogP contribution in [-0.4, -0.2) is 16.8 Å². The molecule has 3 nitrogen and oxygen atoms in total. The molecule has 0 fully saturated rings. The van der Waals surface area contributed by atoms with E-state index in [-0.39, 0.29) is 18.4 Å². The van der Waals surface area contributed by atoms with E-state index in [1.54, 1.807) is 12.4 Å². The molecule has 2 rings (SSSR count). The molecule has 0 spiro atoms. The fourth-order valence-corrected chi connectivity index (χ4v) is 0.857. The largest absolute Gasteiger partial charge is 0.352 e. The second-order valence-electron chi connectivity index (χ2n) is 1.84. The summed E-state index contributed by atoms with van der Waals surface area (Å²) in [4.78, 5) is 14.3. The second-order valence-corrected chi connectivity index (χ2v) is 1.84. The molecular formula is C6H5ClN2O. The van der Waals surface area contributed by atoms with E-state index in [0.717, 1.165) is 5.69 Å². The van der Waals surface area contributed by atoms with Crippen molar-refractivity contribution in [1.29, 1.82) is 0 Å². The van der Waals surface area contributed by atoms with Crippen LogP contribution in [0.4, 0.5) is 4.79 Å². The highest BCUT2D eigenvalue weighted by molar-refractivity contribution is 5.99. The Balaban J connectivity index is 0.000000500. The van der Waals surface area contributed by atoms with Gasteiger partial charge in [0, 0.05) is 6.20 Å². The molecule has 0 radical (unpaired) electrons. The second kappa shape index (κ2) is 2.27. The highest BCUT2D eigenvalue weighted by Crippen LogP contribution is 2.05. The van der Waals surface area contributed by atoms with Crippen LogP contribution in [0.25, 0.3) is 0 Å². The van der Waals surface area contributed by atoms with Crippen LogP contribution in [0.5, 0.6) is 0 Å². The van der Waals surface area contributed by atoms with Gasteiger partial charge in [0.2, 0.25) is 0 Å². The van der Waals surface area contributed by atoms with Gasteiger partial charge in [-0.3, -0.25) is 4.57 Å². The third-order valence-corrected chi connectivity index (χ3v) is 1.29. The van der Waals surface area contributed by atoms with Crippen LogP contribution >= 0.6 is 12.4 Å². The molecule has 0 atom stereocenters. The van der Waals surface area contributed by atoms with Gasteiger partial charge >= 0.3 is 6.03 Å². The lowest BCUT2D eigenvalue weighted by molar-refractivity contribution is 0.252. The highest BCUT2D eigenvalue weighted by atomic mass is 35.5. The monoisotopic (exact) mass is 156 g/mol. The van der Waals surface area contributed by atoms with Gasteiger partial charge in [-0.05, 0) is 12.1 Å². The minimum Gasteiger partial charge on any atom is -0.266 e. The first-order chi connectivity index (χ1) is 4.38. The lowest BCUT2D eigenvalue weighted by Crippen LogP contribution is -1.99. The SMILES string of the molecule is Cl.O=C1N=Cc2cccn21. The molecule has 0 saturated heterocycles. The van der Waals surface area contributed by atoms with Gasteiger partial charge in [-0.25, -0.2) is 4.79 Å². The van der Waals surface area contributed by atoms with E-state index >= 15 is 0 Å². The van der Waals surface area contributed by atoms with Gasteiger partial charge in [-0.15, -0.1) is 12.4 Å². The number of nitrogens with zero attached hydrogens (tertiary/aromatic N) is 2. The third-order valence-electron chi connectivity index (χ3n) is 1.29. The Morgan fingerprint density at radius 3 is 3.00 bits per heavy atom. The molecule has 4 heteroatoms. The van der Waals surface area contributed by atoms with Crippen LogP contribution < -0.4 is 0 Å². The predicted octanol–water partition coefficient (Wildman–Crippen LogP) is 1.31. The van der Waals surface area contributed by atoms with Gasteiger partial charge in [-0.2, -0.15) is 4.99 Å². The van der Waals surface area contributed by atoms with Crippen molar-refractivity contribution >= 4 is 24.7 Å². The smallest absolute Gasteiger partial charge is 0.266 e.